The first-order valence-corrected chi connectivity index (χ1v) is 10.2. The molecule has 0 radical (unpaired) electrons. The summed E-state index contributed by atoms with van der Waals surface area (Å²) < 4.78 is 30.5. The van der Waals surface area contributed by atoms with Crippen LogP contribution in [0.25, 0.3) is 11.4 Å². The van der Waals surface area contributed by atoms with E-state index in [1.54, 1.807) is 41.7 Å². The van der Waals surface area contributed by atoms with Crippen LogP contribution in [0, 0.1) is 0 Å². The third-order valence-electron chi connectivity index (χ3n) is 4.50. The molecule has 0 atom stereocenters. The molecule has 0 unspecified atom stereocenters. The average Bonchev–Trinajstić information content (AvgIpc) is 3.42. The van der Waals surface area contributed by atoms with E-state index in [9.17, 15) is 18.4 Å². The molecule has 2 heterocycles. The van der Waals surface area contributed by atoms with Gasteiger partial charge in [-0.15, -0.1) is 11.3 Å². The molecule has 0 aliphatic heterocycles. The minimum absolute atomic E-state index is 0.0220. The van der Waals surface area contributed by atoms with Crippen LogP contribution >= 0.6 is 22.9 Å². The number of nitrogens with zero attached hydrogens (tertiary/aromatic N) is 4. The van der Waals surface area contributed by atoms with Crippen LogP contribution in [0.4, 0.5) is 20.2 Å². The highest BCUT2D eigenvalue weighted by molar-refractivity contribution is 7.07. The molecule has 1 N–H and O–H groups in total. The Hall–Kier alpha value is -3.18. The fourth-order valence-corrected chi connectivity index (χ4v) is 3.61. The zero-order valence-corrected chi connectivity index (χ0v) is 17.5. The van der Waals surface area contributed by atoms with Crippen LogP contribution < -0.4 is 21.1 Å². The zero-order chi connectivity index (χ0) is 22.2. The number of benzene rings is 1. The number of alkyl halides is 3. The lowest BCUT2D eigenvalue weighted by atomic mass is 10.1. The monoisotopic (exact) mass is 465 g/mol. The van der Waals surface area contributed by atoms with Gasteiger partial charge in [0.05, 0.1) is 17.7 Å². The van der Waals surface area contributed by atoms with E-state index in [4.69, 9.17) is 11.6 Å². The van der Waals surface area contributed by atoms with Gasteiger partial charge >= 0.3 is 11.3 Å². The summed E-state index contributed by atoms with van der Waals surface area (Å²) in [7, 11) is 1.70. The van der Waals surface area contributed by atoms with Gasteiger partial charge in [-0.25, -0.2) is 4.98 Å². The predicted molar refractivity (Wildman–Crippen MR) is 112 cm³/mol. The summed E-state index contributed by atoms with van der Waals surface area (Å²) >= 11 is 6.32. The van der Waals surface area contributed by atoms with E-state index in [1.165, 1.54) is 11.3 Å². The Balaban J connectivity index is 1.45. The van der Waals surface area contributed by atoms with Crippen LogP contribution in [0.3, 0.4) is 0 Å². The van der Waals surface area contributed by atoms with Crippen molar-refractivity contribution in [3.05, 3.63) is 72.8 Å². The highest BCUT2D eigenvalue weighted by atomic mass is 35.5. The van der Waals surface area contributed by atoms with Crippen molar-refractivity contribution in [2.45, 2.75) is 18.5 Å². The summed E-state index contributed by atoms with van der Waals surface area (Å²) in [4.78, 5) is 33.4. The second-order valence-electron chi connectivity index (χ2n) is 6.69. The standard InChI is InChI=1S/C19H14ClF2N5O3S/c1-27(14-13(15(28)16(14)29)23-6-12-8-31-9-24-12)7-10-2-4-11(5-3-10)17-25-18(30-26-17)19(20,21)22/h2-5,8-9,23H,6-7H2,1H3. The van der Waals surface area contributed by atoms with Gasteiger partial charge in [-0.05, 0) is 17.2 Å². The lowest BCUT2D eigenvalue weighted by Gasteiger charge is -2.23. The maximum atomic E-state index is 13.0. The molecule has 8 nitrogen and oxygen atoms in total. The van der Waals surface area contributed by atoms with E-state index in [0.717, 1.165) is 11.3 Å². The Labute approximate surface area is 182 Å². The van der Waals surface area contributed by atoms with Crippen molar-refractivity contribution in [2.24, 2.45) is 0 Å². The van der Waals surface area contributed by atoms with E-state index in [1.807, 2.05) is 5.38 Å². The molecule has 2 aromatic heterocycles. The Morgan fingerprint density at radius 2 is 1.97 bits per heavy atom. The van der Waals surface area contributed by atoms with Crippen LogP contribution in [0.15, 0.2) is 49.3 Å². The second kappa shape index (κ2) is 8.16. The van der Waals surface area contributed by atoms with Gasteiger partial charge in [0, 0.05) is 24.5 Å². The van der Waals surface area contributed by atoms with Gasteiger partial charge in [-0.1, -0.05) is 29.4 Å². The maximum Gasteiger partial charge on any atom is 0.400 e. The molecule has 2 aromatic carbocycles. The van der Waals surface area contributed by atoms with Crippen LogP contribution in [0.5, 0.6) is 0 Å². The molecule has 0 aliphatic rings. The summed E-state index contributed by atoms with van der Waals surface area (Å²) in [6, 6.07) is 6.73. The summed E-state index contributed by atoms with van der Waals surface area (Å²) in [5.74, 6) is -1.00. The van der Waals surface area contributed by atoms with Crippen molar-refractivity contribution in [3.8, 4) is 11.4 Å². The number of hydrogen-bond donors (Lipinski definition) is 1. The summed E-state index contributed by atoms with van der Waals surface area (Å²) in [5, 5.41) is 4.59. The molecule has 12 heteroatoms. The third kappa shape index (κ3) is 4.32. The Morgan fingerprint density at radius 3 is 2.58 bits per heavy atom. The van der Waals surface area contributed by atoms with Crippen LogP contribution in [-0.4, -0.2) is 22.2 Å². The van der Waals surface area contributed by atoms with Gasteiger partial charge < -0.3 is 14.7 Å². The minimum Gasteiger partial charge on any atom is -0.374 e. The molecule has 160 valence electrons. The van der Waals surface area contributed by atoms with E-state index >= 15 is 0 Å². The molecule has 0 saturated carbocycles. The van der Waals surface area contributed by atoms with Gasteiger partial charge in [-0.2, -0.15) is 13.8 Å². The normalized spacial score (nSPS) is 11.7. The highest BCUT2D eigenvalue weighted by Gasteiger charge is 2.35. The van der Waals surface area contributed by atoms with Crippen molar-refractivity contribution in [2.75, 3.05) is 17.3 Å². The second-order valence-corrected chi connectivity index (χ2v) is 7.88. The maximum absolute atomic E-state index is 13.0. The summed E-state index contributed by atoms with van der Waals surface area (Å²) in [6.07, 6.45) is 0. The lowest BCUT2D eigenvalue weighted by Crippen LogP contribution is -2.41. The molecular weight excluding hydrogens is 452 g/mol. The lowest BCUT2D eigenvalue weighted by molar-refractivity contribution is 0.0551. The molecule has 4 rings (SSSR count). The molecule has 31 heavy (non-hydrogen) atoms. The van der Waals surface area contributed by atoms with Crippen molar-refractivity contribution < 1.29 is 13.3 Å². The van der Waals surface area contributed by atoms with E-state index in [-0.39, 0.29) is 11.5 Å². The van der Waals surface area contributed by atoms with Gasteiger partial charge in [0.2, 0.25) is 5.82 Å². The van der Waals surface area contributed by atoms with Gasteiger partial charge in [0.25, 0.3) is 10.9 Å². The molecule has 0 amide bonds. The number of thiazole rings is 1. The number of rotatable bonds is 8. The molecule has 0 aliphatic carbocycles. The fourth-order valence-electron chi connectivity index (χ4n) is 2.98. The summed E-state index contributed by atoms with van der Waals surface area (Å²) in [6.45, 7) is 0.686. The van der Waals surface area contributed by atoms with Gasteiger partial charge in [-0.3, -0.25) is 9.59 Å². The Bertz CT molecular complexity index is 1260. The number of halogens is 3. The van der Waals surface area contributed by atoms with Gasteiger partial charge in [0.1, 0.15) is 11.4 Å². The predicted octanol–water partition coefficient (Wildman–Crippen LogP) is 3.33. The Kier molecular flexibility index (Phi) is 5.54. The SMILES string of the molecule is CN(Cc1ccc(-c2noc(C(F)(F)Cl)n2)cc1)c1c(NCc2cscn2)c(=O)c1=O. The zero-order valence-electron chi connectivity index (χ0n) is 15.9. The molecular formula is C19H14ClF2N5O3S. The molecule has 0 saturated heterocycles. The third-order valence-corrected chi connectivity index (χ3v) is 5.29. The van der Waals surface area contributed by atoms with E-state index < -0.39 is 22.1 Å². The average molecular weight is 466 g/mol. The van der Waals surface area contributed by atoms with Crippen LogP contribution in [-0.2, 0) is 18.5 Å². The van der Waals surface area contributed by atoms with Crippen molar-refractivity contribution in [1.82, 2.24) is 15.1 Å². The van der Waals surface area contributed by atoms with Crippen LogP contribution in [0.1, 0.15) is 17.1 Å². The largest absolute Gasteiger partial charge is 0.400 e. The van der Waals surface area contributed by atoms with Crippen molar-refractivity contribution in [3.63, 3.8) is 0 Å². The number of anilines is 2. The molecule has 0 fully saturated rings. The van der Waals surface area contributed by atoms with Gasteiger partial charge in [0.15, 0.2) is 0 Å². The topological polar surface area (TPSA) is 101 Å². The summed E-state index contributed by atoms with van der Waals surface area (Å²) in [5.41, 5.74) is 3.19. The van der Waals surface area contributed by atoms with Crippen molar-refractivity contribution >= 4 is 34.3 Å². The number of nitrogens with one attached hydrogen (secondary N) is 1. The first-order chi connectivity index (χ1) is 14.7. The highest BCUT2D eigenvalue weighted by Crippen LogP contribution is 2.32. The van der Waals surface area contributed by atoms with E-state index in [2.05, 4.69) is 25.0 Å². The first kappa shape index (κ1) is 21.1. The van der Waals surface area contributed by atoms with Crippen LogP contribution in [0.2, 0.25) is 0 Å². The molecule has 4 aromatic rings. The number of hydrogen-bond acceptors (Lipinski definition) is 9. The first-order valence-electron chi connectivity index (χ1n) is 8.89. The Morgan fingerprint density at radius 1 is 1.23 bits per heavy atom. The number of aromatic nitrogens is 3. The quantitative estimate of drug-likeness (QED) is 0.312. The fraction of sp³-hybridized carbons (Fsp3) is 0.211. The minimum atomic E-state index is -3.74. The molecule has 0 spiro atoms. The van der Waals surface area contributed by atoms with Crippen molar-refractivity contribution in [1.29, 1.82) is 0 Å². The molecule has 0 bridgehead atoms. The smallest absolute Gasteiger partial charge is 0.374 e. The van der Waals surface area contributed by atoms with E-state index in [0.29, 0.717) is 24.3 Å².